The predicted molar refractivity (Wildman–Crippen MR) is 52.7 cm³/mol. The Bertz CT molecular complexity index is 184. The number of aliphatic hydroxyl groups is 1. The molecule has 2 bridgehead atoms. The van der Waals surface area contributed by atoms with Crippen LogP contribution < -0.4 is 0 Å². The minimum atomic E-state index is -0.138. The van der Waals surface area contributed by atoms with E-state index in [0.717, 1.165) is 26.2 Å². The van der Waals surface area contributed by atoms with Gasteiger partial charge in [-0.1, -0.05) is 6.92 Å². The first-order chi connectivity index (χ1) is 6.20. The summed E-state index contributed by atoms with van der Waals surface area (Å²) in [6.07, 6.45) is 1.07. The van der Waals surface area contributed by atoms with Crippen LogP contribution in [0.25, 0.3) is 0 Å². The van der Waals surface area contributed by atoms with E-state index < -0.39 is 0 Å². The maximum Gasteiger partial charge on any atom is 0.0794 e. The van der Waals surface area contributed by atoms with E-state index in [2.05, 4.69) is 23.6 Å². The monoisotopic (exact) mass is 184 g/mol. The number of fused-ring (bicyclic) bond motifs is 4. The van der Waals surface area contributed by atoms with Gasteiger partial charge >= 0.3 is 0 Å². The van der Waals surface area contributed by atoms with Gasteiger partial charge in [-0.25, -0.2) is 0 Å². The van der Waals surface area contributed by atoms with Crippen LogP contribution in [0, 0.1) is 0 Å². The Hall–Kier alpha value is -0.120. The van der Waals surface area contributed by atoms with Gasteiger partial charge in [0.05, 0.1) is 6.10 Å². The molecule has 0 aliphatic carbocycles. The van der Waals surface area contributed by atoms with Crippen LogP contribution in [-0.4, -0.2) is 59.3 Å². The fraction of sp³-hybridized carbons (Fsp3) is 1.00. The van der Waals surface area contributed by atoms with Gasteiger partial charge in [-0.15, -0.1) is 0 Å². The zero-order valence-electron chi connectivity index (χ0n) is 8.61. The molecule has 3 saturated heterocycles. The summed E-state index contributed by atoms with van der Waals surface area (Å²) >= 11 is 0. The minimum Gasteiger partial charge on any atom is -0.390 e. The van der Waals surface area contributed by atoms with Crippen LogP contribution in [0.15, 0.2) is 0 Å². The maximum atomic E-state index is 9.72. The number of nitrogens with zero attached hydrogens (tertiary/aromatic N) is 2. The Kier molecular flexibility index (Phi) is 2.58. The van der Waals surface area contributed by atoms with Crippen LogP contribution in [0.2, 0.25) is 0 Å². The van der Waals surface area contributed by atoms with E-state index in [4.69, 9.17) is 0 Å². The van der Waals surface area contributed by atoms with Gasteiger partial charge in [-0.3, -0.25) is 9.80 Å². The van der Waals surface area contributed by atoms with E-state index in [1.165, 1.54) is 6.42 Å². The molecule has 0 aromatic heterocycles. The van der Waals surface area contributed by atoms with Crippen molar-refractivity contribution in [2.75, 3.05) is 26.2 Å². The van der Waals surface area contributed by atoms with E-state index >= 15 is 0 Å². The molecule has 3 fully saturated rings. The fourth-order valence-electron chi connectivity index (χ4n) is 2.63. The second kappa shape index (κ2) is 3.56. The molecule has 3 heteroatoms. The summed E-state index contributed by atoms with van der Waals surface area (Å²) in [4.78, 5) is 4.89. The van der Waals surface area contributed by atoms with Gasteiger partial charge in [0, 0.05) is 38.3 Å². The van der Waals surface area contributed by atoms with Gasteiger partial charge in [0.15, 0.2) is 0 Å². The minimum absolute atomic E-state index is 0.138. The van der Waals surface area contributed by atoms with Gasteiger partial charge in [-0.2, -0.15) is 0 Å². The second-order valence-corrected chi connectivity index (χ2v) is 4.47. The Labute approximate surface area is 80.3 Å². The van der Waals surface area contributed by atoms with Gasteiger partial charge in [0.1, 0.15) is 0 Å². The number of aliphatic hydroxyl groups excluding tert-OH is 1. The van der Waals surface area contributed by atoms with E-state index in [1.807, 2.05) is 0 Å². The molecule has 3 aliphatic rings. The third-order valence-corrected chi connectivity index (χ3v) is 3.45. The quantitative estimate of drug-likeness (QED) is 0.628. The topological polar surface area (TPSA) is 26.7 Å². The molecule has 0 spiro atoms. The first-order valence-corrected chi connectivity index (χ1v) is 5.37. The van der Waals surface area contributed by atoms with Crippen molar-refractivity contribution in [2.24, 2.45) is 0 Å². The lowest BCUT2D eigenvalue weighted by Crippen LogP contribution is -2.54. The lowest BCUT2D eigenvalue weighted by molar-refractivity contribution is 0.0695. The molecule has 3 heterocycles. The van der Waals surface area contributed by atoms with E-state index in [1.54, 1.807) is 0 Å². The lowest BCUT2D eigenvalue weighted by atomic mass is 10.1. The molecule has 3 rings (SSSR count). The van der Waals surface area contributed by atoms with Gasteiger partial charge < -0.3 is 5.11 Å². The summed E-state index contributed by atoms with van der Waals surface area (Å²) in [6.45, 7) is 8.53. The standard InChI is InChI=1S/C10H20N2O/c1-3-9-5-11-6-10(13)7-12(9)4-8(11)2/h8-10,13H,3-7H2,1-2H3. The van der Waals surface area contributed by atoms with Crippen LogP contribution in [0.4, 0.5) is 0 Å². The summed E-state index contributed by atoms with van der Waals surface area (Å²) in [6, 6.07) is 1.30. The predicted octanol–water partition coefficient (Wildman–Crippen LogP) is 0.146. The molecular formula is C10H20N2O. The highest BCUT2D eigenvalue weighted by atomic mass is 16.3. The molecular weight excluding hydrogens is 164 g/mol. The van der Waals surface area contributed by atoms with E-state index in [0.29, 0.717) is 12.1 Å². The first-order valence-electron chi connectivity index (χ1n) is 5.37. The largest absolute Gasteiger partial charge is 0.390 e. The number of hydrogen-bond acceptors (Lipinski definition) is 3. The van der Waals surface area contributed by atoms with Crippen molar-refractivity contribution in [3.8, 4) is 0 Å². The van der Waals surface area contributed by atoms with Crippen molar-refractivity contribution in [1.82, 2.24) is 9.80 Å². The van der Waals surface area contributed by atoms with Crippen molar-refractivity contribution in [1.29, 1.82) is 0 Å². The summed E-state index contributed by atoms with van der Waals surface area (Å²) in [5.41, 5.74) is 0. The maximum absolute atomic E-state index is 9.72. The molecule has 0 saturated carbocycles. The molecule has 0 aromatic rings. The molecule has 0 radical (unpaired) electrons. The molecule has 76 valence electrons. The third-order valence-electron chi connectivity index (χ3n) is 3.45. The van der Waals surface area contributed by atoms with E-state index in [-0.39, 0.29) is 6.10 Å². The van der Waals surface area contributed by atoms with Crippen LogP contribution >= 0.6 is 0 Å². The molecule has 0 amide bonds. The van der Waals surface area contributed by atoms with Crippen molar-refractivity contribution >= 4 is 0 Å². The molecule has 3 nitrogen and oxygen atoms in total. The van der Waals surface area contributed by atoms with Crippen LogP contribution in [-0.2, 0) is 0 Å². The van der Waals surface area contributed by atoms with Gasteiger partial charge in [0.2, 0.25) is 0 Å². The second-order valence-electron chi connectivity index (χ2n) is 4.47. The van der Waals surface area contributed by atoms with Gasteiger partial charge in [0.25, 0.3) is 0 Å². The third kappa shape index (κ3) is 1.73. The number of piperazine rings is 1. The first kappa shape index (κ1) is 9.44. The highest BCUT2D eigenvalue weighted by molar-refractivity contribution is 4.92. The van der Waals surface area contributed by atoms with Crippen molar-refractivity contribution in [2.45, 2.75) is 38.5 Å². The lowest BCUT2D eigenvalue weighted by Gasteiger charge is -2.41. The SMILES string of the molecule is CCC1CN2CC(O)CN1CC2C. The zero-order valence-corrected chi connectivity index (χ0v) is 8.61. The van der Waals surface area contributed by atoms with Crippen LogP contribution in [0.1, 0.15) is 20.3 Å². The normalized spacial score (nSPS) is 50.5. The van der Waals surface area contributed by atoms with Crippen LogP contribution in [0.3, 0.4) is 0 Å². The molecule has 5 atom stereocenters. The molecule has 0 aromatic carbocycles. The Morgan fingerprint density at radius 1 is 1.15 bits per heavy atom. The van der Waals surface area contributed by atoms with Gasteiger partial charge in [-0.05, 0) is 13.3 Å². The summed E-state index contributed by atoms with van der Waals surface area (Å²) in [7, 11) is 0. The van der Waals surface area contributed by atoms with Crippen molar-refractivity contribution < 1.29 is 5.11 Å². The van der Waals surface area contributed by atoms with Crippen molar-refractivity contribution in [3.63, 3.8) is 0 Å². The average Bonchev–Trinajstić information content (AvgIpc) is 2.31. The summed E-state index contributed by atoms with van der Waals surface area (Å²) in [5, 5.41) is 9.72. The fourth-order valence-corrected chi connectivity index (χ4v) is 2.63. The molecule has 1 N–H and O–H groups in total. The number of rotatable bonds is 1. The smallest absolute Gasteiger partial charge is 0.0794 e. The van der Waals surface area contributed by atoms with Crippen molar-refractivity contribution in [3.05, 3.63) is 0 Å². The Balaban J connectivity index is 2.12. The molecule has 3 aliphatic heterocycles. The van der Waals surface area contributed by atoms with E-state index in [9.17, 15) is 5.11 Å². The number of hydrogen-bond donors (Lipinski definition) is 1. The highest BCUT2D eigenvalue weighted by Gasteiger charge is 2.35. The highest BCUT2D eigenvalue weighted by Crippen LogP contribution is 2.21. The molecule has 5 unspecified atom stereocenters. The summed E-state index contributed by atoms with van der Waals surface area (Å²) in [5.74, 6) is 0. The average molecular weight is 184 g/mol. The summed E-state index contributed by atoms with van der Waals surface area (Å²) < 4.78 is 0. The zero-order chi connectivity index (χ0) is 9.42. The van der Waals surface area contributed by atoms with Crippen LogP contribution in [0.5, 0.6) is 0 Å². The Morgan fingerprint density at radius 2 is 1.85 bits per heavy atom. The molecule has 13 heavy (non-hydrogen) atoms. The Morgan fingerprint density at radius 3 is 2.54 bits per heavy atom.